The van der Waals surface area contributed by atoms with E-state index >= 15 is 0 Å². The van der Waals surface area contributed by atoms with Crippen LogP contribution in [0.15, 0.2) is 48.7 Å². The molecule has 1 heterocycles. The number of fused-ring (bicyclic) bond motifs is 1. The monoisotopic (exact) mass is 286 g/mol. The molecule has 2 N–H and O–H groups in total. The van der Waals surface area contributed by atoms with Crippen molar-refractivity contribution in [2.45, 2.75) is 6.54 Å². The van der Waals surface area contributed by atoms with Gasteiger partial charge >= 0.3 is 0 Å². The number of hydrogen-bond donors (Lipinski definition) is 2. The molecule has 0 aliphatic carbocycles. The molecule has 0 atom stereocenters. The minimum atomic E-state index is 0.624. The Bertz CT molecular complexity index is 736. The molecular weight excluding hydrogens is 272 g/mol. The van der Waals surface area contributed by atoms with E-state index in [1.165, 1.54) is 5.39 Å². The molecule has 20 heavy (non-hydrogen) atoms. The molecule has 0 unspecified atom stereocenters. The molecule has 0 saturated carbocycles. The van der Waals surface area contributed by atoms with Gasteiger partial charge in [-0.25, -0.2) is 0 Å². The molecular formula is C16H15ClN2O. The zero-order chi connectivity index (χ0) is 13.9. The van der Waals surface area contributed by atoms with Gasteiger partial charge in [0.05, 0.1) is 7.11 Å². The van der Waals surface area contributed by atoms with Crippen molar-refractivity contribution in [1.29, 1.82) is 0 Å². The van der Waals surface area contributed by atoms with E-state index in [1.807, 2.05) is 30.5 Å². The SMILES string of the molecule is COc1cccc(Cl)c1CNc1ccc2[nH]ccc2c1. The van der Waals surface area contributed by atoms with Crippen LogP contribution >= 0.6 is 11.6 Å². The summed E-state index contributed by atoms with van der Waals surface area (Å²) >= 11 is 6.23. The van der Waals surface area contributed by atoms with E-state index in [0.717, 1.165) is 22.5 Å². The number of hydrogen-bond acceptors (Lipinski definition) is 2. The molecule has 0 saturated heterocycles. The minimum absolute atomic E-state index is 0.624. The second kappa shape index (κ2) is 5.47. The number of methoxy groups -OCH3 is 1. The van der Waals surface area contributed by atoms with Crippen molar-refractivity contribution in [1.82, 2.24) is 4.98 Å². The molecule has 0 spiro atoms. The zero-order valence-corrected chi connectivity index (χ0v) is 11.9. The van der Waals surface area contributed by atoms with Gasteiger partial charge in [0, 0.05) is 39.9 Å². The Hall–Kier alpha value is -2.13. The Balaban J connectivity index is 1.82. The standard InChI is InChI=1S/C16H15ClN2O/c1-20-16-4-2-3-14(17)13(16)10-19-12-5-6-15-11(9-12)7-8-18-15/h2-9,18-19H,10H2,1H3. The second-order valence-electron chi connectivity index (χ2n) is 4.55. The van der Waals surface area contributed by atoms with E-state index in [1.54, 1.807) is 7.11 Å². The molecule has 0 radical (unpaired) electrons. The molecule has 3 rings (SSSR count). The van der Waals surface area contributed by atoms with E-state index < -0.39 is 0 Å². The summed E-state index contributed by atoms with van der Waals surface area (Å²) in [5.41, 5.74) is 3.15. The molecule has 102 valence electrons. The fourth-order valence-electron chi connectivity index (χ4n) is 2.26. The maximum atomic E-state index is 6.23. The van der Waals surface area contributed by atoms with Crippen molar-refractivity contribution < 1.29 is 4.74 Å². The van der Waals surface area contributed by atoms with Gasteiger partial charge in [-0.3, -0.25) is 0 Å². The van der Waals surface area contributed by atoms with Crippen LogP contribution in [-0.2, 0) is 6.54 Å². The zero-order valence-electron chi connectivity index (χ0n) is 11.1. The Morgan fingerprint density at radius 1 is 1.20 bits per heavy atom. The first-order chi connectivity index (χ1) is 9.78. The van der Waals surface area contributed by atoms with Crippen LogP contribution in [0.4, 0.5) is 5.69 Å². The average Bonchev–Trinajstić information content (AvgIpc) is 2.93. The molecule has 0 amide bonds. The summed E-state index contributed by atoms with van der Waals surface area (Å²) in [4.78, 5) is 3.18. The lowest BCUT2D eigenvalue weighted by Crippen LogP contribution is -2.02. The van der Waals surface area contributed by atoms with Gasteiger partial charge in [0.15, 0.2) is 0 Å². The predicted molar refractivity (Wildman–Crippen MR) is 83.6 cm³/mol. The summed E-state index contributed by atoms with van der Waals surface area (Å²) < 4.78 is 5.34. The third-order valence-electron chi connectivity index (χ3n) is 3.32. The van der Waals surface area contributed by atoms with Crippen LogP contribution in [0.25, 0.3) is 10.9 Å². The van der Waals surface area contributed by atoms with Crippen LogP contribution in [0.1, 0.15) is 5.56 Å². The molecule has 0 aliphatic heterocycles. The lowest BCUT2D eigenvalue weighted by Gasteiger charge is -2.12. The summed E-state index contributed by atoms with van der Waals surface area (Å²) in [6.07, 6.45) is 1.94. The lowest BCUT2D eigenvalue weighted by molar-refractivity contribution is 0.410. The molecule has 0 aliphatic rings. The van der Waals surface area contributed by atoms with Crippen LogP contribution in [0.2, 0.25) is 5.02 Å². The van der Waals surface area contributed by atoms with Crippen LogP contribution in [0, 0.1) is 0 Å². The Kier molecular flexibility index (Phi) is 3.52. The lowest BCUT2D eigenvalue weighted by atomic mass is 10.2. The molecule has 3 nitrogen and oxygen atoms in total. The summed E-state index contributed by atoms with van der Waals surface area (Å²) in [6, 6.07) is 13.9. The summed E-state index contributed by atoms with van der Waals surface area (Å²) in [5.74, 6) is 0.799. The van der Waals surface area contributed by atoms with Crippen molar-refractivity contribution in [3.05, 3.63) is 59.2 Å². The molecule has 2 aromatic carbocycles. The third kappa shape index (κ3) is 2.45. The first-order valence-electron chi connectivity index (χ1n) is 6.40. The Morgan fingerprint density at radius 2 is 2.10 bits per heavy atom. The number of aromatic amines is 1. The summed E-state index contributed by atoms with van der Waals surface area (Å²) in [5, 5.41) is 5.27. The highest BCUT2D eigenvalue weighted by atomic mass is 35.5. The smallest absolute Gasteiger partial charge is 0.125 e. The Morgan fingerprint density at radius 3 is 2.95 bits per heavy atom. The number of benzene rings is 2. The molecule has 4 heteroatoms. The topological polar surface area (TPSA) is 37.0 Å². The van der Waals surface area contributed by atoms with Gasteiger partial charge in [0.2, 0.25) is 0 Å². The molecule has 0 fully saturated rings. The second-order valence-corrected chi connectivity index (χ2v) is 4.96. The number of anilines is 1. The van der Waals surface area contributed by atoms with Gasteiger partial charge in [0.1, 0.15) is 5.75 Å². The van der Waals surface area contributed by atoms with Gasteiger partial charge in [0.25, 0.3) is 0 Å². The Labute approximate surface area is 122 Å². The quantitative estimate of drug-likeness (QED) is 0.744. The highest BCUT2D eigenvalue weighted by Crippen LogP contribution is 2.27. The van der Waals surface area contributed by atoms with Gasteiger partial charge in [-0.2, -0.15) is 0 Å². The van der Waals surface area contributed by atoms with Crippen LogP contribution < -0.4 is 10.1 Å². The van der Waals surface area contributed by atoms with Crippen LogP contribution in [0.5, 0.6) is 5.75 Å². The van der Waals surface area contributed by atoms with Gasteiger partial charge < -0.3 is 15.0 Å². The van der Waals surface area contributed by atoms with Crippen LogP contribution in [-0.4, -0.2) is 12.1 Å². The largest absolute Gasteiger partial charge is 0.496 e. The number of aromatic nitrogens is 1. The number of ether oxygens (including phenoxy) is 1. The van der Waals surface area contributed by atoms with E-state index in [2.05, 4.69) is 28.5 Å². The van der Waals surface area contributed by atoms with E-state index in [0.29, 0.717) is 11.6 Å². The molecule has 3 aromatic rings. The number of H-pyrrole nitrogens is 1. The fourth-order valence-corrected chi connectivity index (χ4v) is 2.49. The van der Waals surface area contributed by atoms with E-state index in [-0.39, 0.29) is 0 Å². The van der Waals surface area contributed by atoms with Crippen molar-refractivity contribution in [3.8, 4) is 5.75 Å². The maximum absolute atomic E-state index is 6.23. The first-order valence-corrected chi connectivity index (χ1v) is 6.78. The van der Waals surface area contributed by atoms with E-state index in [4.69, 9.17) is 16.3 Å². The van der Waals surface area contributed by atoms with Crippen LogP contribution in [0.3, 0.4) is 0 Å². The summed E-state index contributed by atoms with van der Waals surface area (Å²) in [6.45, 7) is 0.624. The summed E-state index contributed by atoms with van der Waals surface area (Å²) in [7, 11) is 1.65. The first kappa shape index (κ1) is 12.9. The molecule has 1 aromatic heterocycles. The fraction of sp³-hybridized carbons (Fsp3) is 0.125. The van der Waals surface area contributed by atoms with Crippen molar-refractivity contribution in [3.63, 3.8) is 0 Å². The van der Waals surface area contributed by atoms with Gasteiger partial charge in [-0.1, -0.05) is 17.7 Å². The average molecular weight is 287 g/mol. The van der Waals surface area contributed by atoms with Gasteiger partial charge in [-0.15, -0.1) is 0 Å². The normalized spacial score (nSPS) is 10.7. The number of nitrogens with one attached hydrogen (secondary N) is 2. The van der Waals surface area contributed by atoms with Crippen molar-refractivity contribution in [2.75, 3.05) is 12.4 Å². The van der Waals surface area contributed by atoms with E-state index in [9.17, 15) is 0 Å². The highest BCUT2D eigenvalue weighted by Gasteiger charge is 2.07. The number of halogens is 1. The maximum Gasteiger partial charge on any atom is 0.125 e. The van der Waals surface area contributed by atoms with Crippen molar-refractivity contribution >= 4 is 28.2 Å². The third-order valence-corrected chi connectivity index (χ3v) is 3.67. The predicted octanol–water partition coefficient (Wildman–Crippen LogP) is 4.44. The highest BCUT2D eigenvalue weighted by molar-refractivity contribution is 6.31. The number of rotatable bonds is 4. The minimum Gasteiger partial charge on any atom is -0.496 e. The molecule has 0 bridgehead atoms. The van der Waals surface area contributed by atoms with Gasteiger partial charge in [-0.05, 0) is 36.4 Å². The van der Waals surface area contributed by atoms with Crippen molar-refractivity contribution in [2.24, 2.45) is 0 Å².